The Balaban J connectivity index is 1.35. The Morgan fingerprint density at radius 2 is 2.07 bits per heavy atom. The lowest BCUT2D eigenvalue weighted by Crippen LogP contribution is -2.49. The fraction of sp³-hybridized carbons (Fsp3) is 0.500. The molecule has 7 nitrogen and oxygen atoms in total. The van der Waals surface area contributed by atoms with Gasteiger partial charge in [0.25, 0.3) is 0 Å². The Labute approximate surface area is 168 Å². The number of amides is 2. The molecular formula is C20H24N4O3S. The molecule has 2 saturated heterocycles. The van der Waals surface area contributed by atoms with Gasteiger partial charge in [0.1, 0.15) is 5.01 Å². The Morgan fingerprint density at radius 3 is 2.86 bits per heavy atom. The zero-order chi connectivity index (χ0) is 19.3. The Kier molecular flexibility index (Phi) is 5.97. The smallest absolute Gasteiger partial charge is 0.228 e. The van der Waals surface area contributed by atoms with Crippen molar-refractivity contribution in [3.63, 3.8) is 0 Å². The van der Waals surface area contributed by atoms with Gasteiger partial charge in [0.2, 0.25) is 11.8 Å². The van der Waals surface area contributed by atoms with Crippen LogP contribution in [0, 0.1) is 5.92 Å². The fourth-order valence-corrected chi connectivity index (χ4v) is 4.53. The first-order valence-corrected chi connectivity index (χ1v) is 10.6. The molecule has 148 valence electrons. The summed E-state index contributed by atoms with van der Waals surface area (Å²) < 4.78 is 5.33. The number of hydrogen-bond acceptors (Lipinski definition) is 6. The molecule has 2 aliphatic heterocycles. The quantitative estimate of drug-likeness (QED) is 0.783. The van der Waals surface area contributed by atoms with Crippen LogP contribution in [0.5, 0.6) is 0 Å². The molecule has 2 aliphatic rings. The van der Waals surface area contributed by atoms with Crippen LogP contribution in [0.1, 0.15) is 18.5 Å². The van der Waals surface area contributed by atoms with Gasteiger partial charge >= 0.3 is 0 Å². The summed E-state index contributed by atoms with van der Waals surface area (Å²) in [7, 11) is 0. The lowest BCUT2D eigenvalue weighted by molar-refractivity contribution is -0.143. The molecule has 0 bridgehead atoms. The number of rotatable bonds is 4. The van der Waals surface area contributed by atoms with E-state index >= 15 is 0 Å². The average molecular weight is 401 g/mol. The van der Waals surface area contributed by atoms with E-state index in [-0.39, 0.29) is 24.2 Å². The normalized spacial score (nSPS) is 20.2. The van der Waals surface area contributed by atoms with Gasteiger partial charge < -0.3 is 14.5 Å². The zero-order valence-corrected chi connectivity index (χ0v) is 16.6. The van der Waals surface area contributed by atoms with Crippen molar-refractivity contribution in [2.24, 2.45) is 5.92 Å². The second kappa shape index (κ2) is 8.79. The van der Waals surface area contributed by atoms with Crippen LogP contribution in [0.3, 0.4) is 0 Å². The van der Waals surface area contributed by atoms with Crippen molar-refractivity contribution in [3.8, 4) is 10.6 Å². The SMILES string of the molecule is O=C(Cc1csc(-c2cccnc2)n1)N1CCCC(C(=O)N2CCOCC2)C1. The first-order chi connectivity index (χ1) is 13.7. The largest absolute Gasteiger partial charge is 0.378 e. The summed E-state index contributed by atoms with van der Waals surface area (Å²) in [6, 6.07) is 3.84. The van der Waals surface area contributed by atoms with Gasteiger partial charge in [-0.15, -0.1) is 11.3 Å². The lowest BCUT2D eigenvalue weighted by Gasteiger charge is -2.36. The van der Waals surface area contributed by atoms with Crippen molar-refractivity contribution in [2.75, 3.05) is 39.4 Å². The molecule has 8 heteroatoms. The highest BCUT2D eigenvalue weighted by Crippen LogP contribution is 2.24. The molecule has 1 unspecified atom stereocenters. The molecule has 2 amide bonds. The molecule has 0 radical (unpaired) electrons. The molecule has 0 aliphatic carbocycles. The molecule has 0 N–H and O–H groups in total. The lowest BCUT2D eigenvalue weighted by atomic mass is 9.96. The van der Waals surface area contributed by atoms with Crippen LogP contribution in [0.4, 0.5) is 0 Å². The molecular weight excluding hydrogens is 376 g/mol. The number of morpholine rings is 1. The summed E-state index contributed by atoms with van der Waals surface area (Å²) in [5, 5.41) is 2.80. The Hall–Kier alpha value is -2.32. The van der Waals surface area contributed by atoms with E-state index in [0.717, 1.165) is 29.1 Å². The van der Waals surface area contributed by atoms with E-state index in [4.69, 9.17) is 4.74 Å². The summed E-state index contributed by atoms with van der Waals surface area (Å²) in [6.45, 7) is 3.73. The van der Waals surface area contributed by atoms with Crippen molar-refractivity contribution in [2.45, 2.75) is 19.3 Å². The van der Waals surface area contributed by atoms with Crippen molar-refractivity contribution >= 4 is 23.2 Å². The standard InChI is InChI=1S/C20H24N4O3S/c25-18(11-17-14-28-19(22-17)15-3-1-5-21-12-15)24-6-2-4-16(13-24)20(26)23-7-9-27-10-8-23/h1,3,5,12,14,16H,2,4,6-11,13H2. The van der Waals surface area contributed by atoms with Gasteiger partial charge in [0.15, 0.2) is 0 Å². The van der Waals surface area contributed by atoms with Crippen molar-refractivity contribution < 1.29 is 14.3 Å². The second-order valence-electron chi connectivity index (χ2n) is 7.18. The summed E-state index contributed by atoms with van der Waals surface area (Å²) >= 11 is 1.52. The maximum absolute atomic E-state index is 12.8. The number of thiazole rings is 1. The molecule has 28 heavy (non-hydrogen) atoms. The van der Waals surface area contributed by atoms with Crippen molar-refractivity contribution in [3.05, 3.63) is 35.6 Å². The minimum Gasteiger partial charge on any atom is -0.378 e. The van der Waals surface area contributed by atoms with E-state index in [1.54, 1.807) is 12.4 Å². The minimum absolute atomic E-state index is 0.0440. The van der Waals surface area contributed by atoms with E-state index in [9.17, 15) is 9.59 Å². The van der Waals surface area contributed by atoms with E-state index in [1.807, 2.05) is 27.3 Å². The van der Waals surface area contributed by atoms with E-state index in [2.05, 4.69) is 9.97 Å². The minimum atomic E-state index is -0.0998. The summed E-state index contributed by atoms with van der Waals surface area (Å²) in [4.78, 5) is 38.0. The molecule has 0 saturated carbocycles. The highest BCUT2D eigenvalue weighted by atomic mass is 32.1. The van der Waals surface area contributed by atoms with Crippen LogP contribution in [0.2, 0.25) is 0 Å². The number of nitrogens with zero attached hydrogens (tertiary/aromatic N) is 4. The van der Waals surface area contributed by atoms with Gasteiger partial charge in [-0.1, -0.05) is 0 Å². The number of carbonyl (C=O) groups excluding carboxylic acids is 2. The maximum Gasteiger partial charge on any atom is 0.228 e. The van der Waals surface area contributed by atoms with Crippen LogP contribution >= 0.6 is 11.3 Å². The van der Waals surface area contributed by atoms with Gasteiger partial charge in [-0.3, -0.25) is 14.6 Å². The first-order valence-electron chi connectivity index (χ1n) is 9.70. The summed E-state index contributed by atoms with van der Waals surface area (Å²) in [5.74, 6) is 0.105. The summed E-state index contributed by atoms with van der Waals surface area (Å²) in [5.41, 5.74) is 1.73. The molecule has 4 rings (SSSR count). The van der Waals surface area contributed by atoms with Crippen LogP contribution in [-0.2, 0) is 20.7 Å². The molecule has 1 atom stereocenters. The maximum atomic E-state index is 12.8. The average Bonchev–Trinajstić information content (AvgIpc) is 3.23. The third-order valence-corrected chi connectivity index (χ3v) is 6.18. The highest BCUT2D eigenvalue weighted by molar-refractivity contribution is 7.13. The molecule has 4 heterocycles. The molecule has 2 aromatic heterocycles. The number of likely N-dealkylation sites (tertiary alicyclic amines) is 1. The summed E-state index contributed by atoms with van der Waals surface area (Å²) in [6.07, 6.45) is 5.49. The molecule has 0 spiro atoms. The fourth-order valence-electron chi connectivity index (χ4n) is 3.72. The van der Waals surface area contributed by atoms with Crippen molar-refractivity contribution in [1.82, 2.24) is 19.8 Å². The Morgan fingerprint density at radius 1 is 1.21 bits per heavy atom. The second-order valence-corrected chi connectivity index (χ2v) is 8.04. The van der Waals surface area contributed by atoms with Gasteiger partial charge in [-0.2, -0.15) is 0 Å². The van der Waals surface area contributed by atoms with Crippen LogP contribution in [-0.4, -0.2) is 71.0 Å². The van der Waals surface area contributed by atoms with Gasteiger partial charge in [-0.25, -0.2) is 4.98 Å². The number of piperidine rings is 1. The third-order valence-electron chi connectivity index (χ3n) is 5.24. The number of ether oxygens (including phenoxy) is 1. The molecule has 2 fully saturated rings. The Bertz CT molecular complexity index is 820. The van der Waals surface area contributed by atoms with Crippen LogP contribution in [0.15, 0.2) is 29.9 Å². The zero-order valence-electron chi connectivity index (χ0n) is 15.7. The molecule has 2 aromatic rings. The third kappa shape index (κ3) is 4.39. The van der Waals surface area contributed by atoms with E-state index < -0.39 is 0 Å². The number of hydrogen-bond donors (Lipinski definition) is 0. The number of pyridine rings is 1. The predicted molar refractivity (Wildman–Crippen MR) is 106 cm³/mol. The van der Waals surface area contributed by atoms with Gasteiger partial charge in [0.05, 0.1) is 31.2 Å². The predicted octanol–water partition coefficient (Wildman–Crippen LogP) is 1.84. The monoisotopic (exact) mass is 400 g/mol. The van der Waals surface area contributed by atoms with Crippen LogP contribution in [0.25, 0.3) is 10.6 Å². The van der Waals surface area contributed by atoms with E-state index in [0.29, 0.717) is 39.4 Å². The van der Waals surface area contributed by atoms with Crippen LogP contribution < -0.4 is 0 Å². The van der Waals surface area contributed by atoms with Gasteiger partial charge in [0, 0.05) is 49.5 Å². The molecule has 0 aromatic carbocycles. The number of aromatic nitrogens is 2. The first kappa shape index (κ1) is 19.0. The van der Waals surface area contributed by atoms with E-state index in [1.165, 1.54) is 11.3 Å². The van der Waals surface area contributed by atoms with Crippen molar-refractivity contribution in [1.29, 1.82) is 0 Å². The highest BCUT2D eigenvalue weighted by Gasteiger charge is 2.32. The van der Waals surface area contributed by atoms with Gasteiger partial charge in [-0.05, 0) is 25.0 Å². The topological polar surface area (TPSA) is 75.6 Å². The number of carbonyl (C=O) groups is 2.